The fraction of sp³-hybridized carbons (Fsp3) is 0.412. The number of amides is 1. The van der Waals surface area contributed by atoms with Gasteiger partial charge in [-0.2, -0.15) is 5.10 Å². The number of hydrogen-bond acceptors (Lipinski definition) is 4. The predicted octanol–water partition coefficient (Wildman–Crippen LogP) is 1.74. The number of carbonyl (C=O) groups is 1. The number of aryl methyl sites for hydroxylation is 1. The zero-order valence-corrected chi connectivity index (χ0v) is 15.1. The summed E-state index contributed by atoms with van der Waals surface area (Å²) in [6, 6.07) is 7.69. The van der Waals surface area contributed by atoms with Gasteiger partial charge < -0.3 is 5.32 Å². The third-order valence-electron chi connectivity index (χ3n) is 4.26. The molecule has 1 amide bonds. The Morgan fingerprint density at radius 2 is 1.96 bits per heavy atom. The molecule has 0 unspecified atom stereocenters. The summed E-state index contributed by atoms with van der Waals surface area (Å²) < 4.78 is 29.6. The monoisotopic (exact) mass is 362 g/mol. The Morgan fingerprint density at radius 1 is 1.28 bits per heavy atom. The van der Waals surface area contributed by atoms with Gasteiger partial charge in [-0.25, -0.2) is 13.1 Å². The highest BCUT2D eigenvalue weighted by Crippen LogP contribution is 2.21. The Kier molecular flexibility index (Phi) is 4.91. The van der Waals surface area contributed by atoms with Gasteiger partial charge in [0.2, 0.25) is 10.0 Å². The summed E-state index contributed by atoms with van der Waals surface area (Å²) >= 11 is 0. The van der Waals surface area contributed by atoms with Crippen molar-refractivity contribution in [3.63, 3.8) is 0 Å². The summed E-state index contributed by atoms with van der Waals surface area (Å²) in [6.07, 6.45) is 4.25. The van der Waals surface area contributed by atoms with Crippen LogP contribution in [0, 0.1) is 0 Å². The fourth-order valence-corrected chi connectivity index (χ4v) is 3.91. The van der Waals surface area contributed by atoms with Crippen LogP contribution in [0.2, 0.25) is 0 Å². The lowest BCUT2D eigenvalue weighted by Gasteiger charge is -2.17. The first-order valence-corrected chi connectivity index (χ1v) is 9.80. The van der Waals surface area contributed by atoms with Crippen LogP contribution >= 0.6 is 0 Å². The van der Waals surface area contributed by atoms with Crippen LogP contribution < -0.4 is 10.0 Å². The molecule has 1 aliphatic carbocycles. The summed E-state index contributed by atoms with van der Waals surface area (Å²) in [4.78, 5) is 12.1. The molecule has 0 saturated heterocycles. The van der Waals surface area contributed by atoms with Crippen LogP contribution in [0.25, 0.3) is 0 Å². The molecule has 2 N–H and O–H groups in total. The van der Waals surface area contributed by atoms with Gasteiger partial charge in [0, 0.05) is 24.8 Å². The van der Waals surface area contributed by atoms with Crippen molar-refractivity contribution < 1.29 is 13.2 Å². The number of nitrogens with zero attached hydrogens (tertiary/aromatic N) is 2. The van der Waals surface area contributed by atoms with E-state index in [1.165, 1.54) is 24.3 Å². The smallest absolute Gasteiger partial charge is 0.251 e. The number of aromatic nitrogens is 2. The zero-order chi connectivity index (χ0) is 18.0. The lowest BCUT2D eigenvalue weighted by atomic mass is 10.2. The summed E-state index contributed by atoms with van der Waals surface area (Å²) in [5.41, 5.74) is 1.26. The standard InChI is InChI=1S/C17H22N4O3S/c1-3-15(16-10-11-18-21(16)2)20-25(23,24)14-8-4-12(5-9-14)17(22)19-13-6-7-13/h4-5,8-11,13,15,20H,3,6-7H2,1-2H3,(H,19,22)/t15-/m1/s1. The predicted molar refractivity (Wildman–Crippen MR) is 93.5 cm³/mol. The molecule has 0 radical (unpaired) electrons. The Morgan fingerprint density at radius 3 is 2.48 bits per heavy atom. The lowest BCUT2D eigenvalue weighted by Crippen LogP contribution is -2.30. The Balaban J connectivity index is 1.74. The molecule has 134 valence electrons. The number of nitrogens with one attached hydrogen (secondary N) is 2. The van der Waals surface area contributed by atoms with Gasteiger partial charge in [-0.15, -0.1) is 0 Å². The molecule has 1 aliphatic rings. The van der Waals surface area contributed by atoms with Gasteiger partial charge in [-0.1, -0.05) is 6.92 Å². The maximum absolute atomic E-state index is 12.6. The van der Waals surface area contributed by atoms with Crippen LogP contribution in [0.3, 0.4) is 0 Å². The topological polar surface area (TPSA) is 93.1 Å². The van der Waals surface area contributed by atoms with Gasteiger partial charge in [0.1, 0.15) is 0 Å². The molecule has 7 nitrogen and oxygen atoms in total. The van der Waals surface area contributed by atoms with Crippen molar-refractivity contribution in [2.75, 3.05) is 0 Å². The first-order valence-electron chi connectivity index (χ1n) is 8.32. The Hall–Kier alpha value is -2.19. The van der Waals surface area contributed by atoms with Gasteiger partial charge >= 0.3 is 0 Å². The molecule has 2 aromatic rings. The third kappa shape index (κ3) is 4.08. The molecule has 25 heavy (non-hydrogen) atoms. The molecule has 1 aromatic carbocycles. The van der Waals surface area contributed by atoms with Crippen LogP contribution in [-0.4, -0.2) is 30.1 Å². The minimum absolute atomic E-state index is 0.135. The highest BCUT2D eigenvalue weighted by atomic mass is 32.2. The summed E-state index contributed by atoms with van der Waals surface area (Å²) in [5, 5.41) is 6.97. The normalized spacial score (nSPS) is 15.8. The first-order chi connectivity index (χ1) is 11.9. The largest absolute Gasteiger partial charge is 0.349 e. The summed E-state index contributed by atoms with van der Waals surface area (Å²) in [7, 11) is -1.91. The van der Waals surface area contributed by atoms with E-state index in [1.807, 2.05) is 6.92 Å². The van der Waals surface area contributed by atoms with E-state index in [2.05, 4.69) is 15.1 Å². The van der Waals surface area contributed by atoms with Gasteiger partial charge in [0.15, 0.2) is 0 Å². The van der Waals surface area contributed by atoms with Gasteiger partial charge in [-0.3, -0.25) is 9.48 Å². The molecule has 0 aliphatic heterocycles. The molecular formula is C17H22N4O3S. The van der Waals surface area contributed by atoms with Gasteiger partial charge in [0.05, 0.1) is 16.6 Å². The van der Waals surface area contributed by atoms with Crippen molar-refractivity contribution in [2.45, 2.75) is 43.2 Å². The van der Waals surface area contributed by atoms with E-state index < -0.39 is 10.0 Å². The lowest BCUT2D eigenvalue weighted by molar-refractivity contribution is 0.0951. The number of hydrogen-bond donors (Lipinski definition) is 2. The molecule has 1 aromatic heterocycles. The van der Waals surface area contributed by atoms with Crippen LogP contribution in [-0.2, 0) is 17.1 Å². The van der Waals surface area contributed by atoms with E-state index in [4.69, 9.17) is 0 Å². The van der Waals surface area contributed by atoms with E-state index >= 15 is 0 Å². The summed E-state index contributed by atoms with van der Waals surface area (Å²) in [6.45, 7) is 1.91. The minimum atomic E-state index is -3.69. The molecule has 1 fully saturated rings. The number of carbonyl (C=O) groups excluding carboxylic acids is 1. The second kappa shape index (κ2) is 6.97. The van der Waals surface area contributed by atoms with Crippen molar-refractivity contribution in [1.29, 1.82) is 0 Å². The SMILES string of the molecule is CC[C@@H](NS(=O)(=O)c1ccc(C(=O)NC2CC2)cc1)c1ccnn1C. The van der Waals surface area contributed by atoms with Crippen LogP contribution in [0.4, 0.5) is 0 Å². The van der Waals surface area contributed by atoms with Crippen molar-refractivity contribution in [3.05, 3.63) is 47.8 Å². The van der Waals surface area contributed by atoms with Gasteiger partial charge in [0.25, 0.3) is 5.91 Å². The summed E-state index contributed by atoms with van der Waals surface area (Å²) in [5.74, 6) is -0.166. The Bertz CT molecular complexity index is 854. The van der Waals surface area contributed by atoms with E-state index in [0.29, 0.717) is 12.0 Å². The van der Waals surface area contributed by atoms with Crippen molar-refractivity contribution in [1.82, 2.24) is 19.8 Å². The molecule has 1 atom stereocenters. The Labute approximate surface area is 147 Å². The average Bonchev–Trinajstić information content (AvgIpc) is 3.31. The molecule has 1 heterocycles. The average molecular weight is 362 g/mol. The second-order valence-electron chi connectivity index (χ2n) is 6.23. The van der Waals surface area contributed by atoms with Crippen LogP contribution in [0.15, 0.2) is 41.4 Å². The van der Waals surface area contributed by atoms with Gasteiger partial charge in [-0.05, 0) is 49.6 Å². The molecule has 8 heteroatoms. The zero-order valence-electron chi connectivity index (χ0n) is 14.3. The van der Waals surface area contributed by atoms with E-state index in [0.717, 1.165) is 18.5 Å². The number of rotatable bonds is 7. The van der Waals surface area contributed by atoms with E-state index in [1.54, 1.807) is 24.0 Å². The second-order valence-corrected chi connectivity index (χ2v) is 7.95. The van der Waals surface area contributed by atoms with E-state index in [-0.39, 0.29) is 22.9 Å². The fourth-order valence-electron chi connectivity index (χ4n) is 2.62. The molecular weight excluding hydrogens is 340 g/mol. The van der Waals surface area contributed by atoms with Crippen molar-refractivity contribution in [2.24, 2.45) is 7.05 Å². The minimum Gasteiger partial charge on any atom is -0.349 e. The van der Waals surface area contributed by atoms with Crippen LogP contribution in [0.5, 0.6) is 0 Å². The maximum atomic E-state index is 12.6. The molecule has 3 rings (SSSR count). The van der Waals surface area contributed by atoms with E-state index in [9.17, 15) is 13.2 Å². The number of sulfonamides is 1. The number of benzene rings is 1. The molecule has 0 bridgehead atoms. The quantitative estimate of drug-likeness (QED) is 0.785. The highest BCUT2D eigenvalue weighted by molar-refractivity contribution is 7.89. The van der Waals surface area contributed by atoms with Crippen LogP contribution in [0.1, 0.15) is 48.3 Å². The van der Waals surface area contributed by atoms with Crippen molar-refractivity contribution in [3.8, 4) is 0 Å². The van der Waals surface area contributed by atoms with Crippen molar-refractivity contribution >= 4 is 15.9 Å². The maximum Gasteiger partial charge on any atom is 0.251 e. The highest BCUT2D eigenvalue weighted by Gasteiger charge is 2.25. The first kappa shape index (κ1) is 17.6. The molecule has 1 saturated carbocycles. The third-order valence-corrected chi connectivity index (χ3v) is 5.75. The molecule has 0 spiro atoms.